The Morgan fingerprint density at radius 2 is 1.62 bits per heavy atom. The number of aliphatic hydroxyl groups is 1. The molecule has 0 radical (unpaired) electrons. The number of aliphatic hydroxyl groups excluding tert-OH is 1. The third-order valence-corrected chi connectivity index (χ3v) is 8.97. The molecule has 0 unspecified atom stereocenters. The van der Waals surface area contributed by atoms with Crippen LogP contribution in [-0.4, -0.2) is 46.1 Å². The van der Waals surface area contributed by atoms with Crippen molar-refractivity contribution in [1.29, 1.82) is 0 Å². The molecule has 0 saturated carbocycles. The summed E-state index contributed by atoms with van der Waals surface area (Å²) in [5, 5.41) is 10.5. The van der Waals surface area contributed by atoms with Gasteiger partial charge in [0.05, 0.1) is 12.2 Å². The summed E-state index contributed by atoms with van der Waals surface area (Å²) >= 11 is 0. The predicted octanol–water partition coefficient (Wildman–Crippen LogP) is 3.65. The van der Waals surface area contributed by atoms with E-state index < -0.39 is 14.4 Å². The minimum atomic E-state index is -1.78. The number of rotatable bonds is 9. The summed E-state index contributed by atoms with van der Waals surface area (Å²) in [6.07, 6.45) is -0.784. The first-order chi connectivity index (χ1) is 9.44. The molecule has 1 N–H and O–H groups in total. The molecule has 0 heterocycles. The van der Waals surface area contributed by atoms with E-state index in [0.717, 1.165) is 0 Å². The van der Waals surface area contributed by atoms with E-state index in [4.69, 9.17) is 13.9 Å². The van der Waals surface area contributed by atoms with Crippen LogP contribution in [0.2, 0.25) is 18.1 Å². The maximum Gasteiger partial charge on any atom is 0.191 e. The second-order valence-electron chi connectivity index (χ2n) is 7.82. The molecule has 0 aromatic heterocycles. The van der Waals surface area contributed by atoms with Crippen LogP contribution in [0, 0.1) is 11.8 Å². The normalized spacial score (nSPS) is 17.9. The molecule has 0 aliphatic rings. The van der Waals surface area contributed by atoms with Gasteiger partial charge in [-0.1, -0.05) is 41.5 Å². The third kappa shape index (κ3) is 6.78. The SMILES string of the molecule is COCO[C@@H]([C@H](C)CO[Si](C)(C)C(C)(C)C)[C@@H](O)C(C)C. The molecule has 4 nitrogen and oxygen atoms in total. The molecule has 0 spiro atoms. The molecule has 0 fully saturated rings. The molecule has 0 bridgehead atoms. The van der Waals surface area contributed by atoms with Gasteiger partial charge < -0.3 is 19.0 Å². The fourth-order valence-corrected chi connectivity index (χ4v) is 2.89. The highest BCUT2D eigenvalue weighted by molar-refractivity contribution is 6.74. The average molecular weight is 321 g/mol. The van der Waals surface area contributed by atoms with E-state index >= 15 is 0 Å². The summed E-state index contributed by atoms with van der Waals surface area (Å²) in [7, 11) is -0.182. The van der Waals surface area contributed by atoms with Gasteiger partial charge in [-0.15, -0.1) is 0 Å². The van der Waals surface area contributed by atoms with E-state index in [2.05, 4.69) is 40.8 Å². The molecule has 5 heteroatoms. The largest absolute Gasteiger partial charge is 0.416 e. The number of ether oxygens (including phenoxy) is 2. The fourth-order valence-electron chi connectivity index (χ4n) is 1.78. The van der Waals surface area contributed by atoms with Crippen molar-refractivity contribution in [1.82, 2.24) is 0 Å². The second kappa shape index (κ2) is 8.63. The van der Waals surface area contributed by atoms with Crippen molar-refractivity contribution in [2.75, 3.05) is 20.5 Å². The summed E-state index contributed by atoms with van der Waals surface area (Å²) in [5.74, 6) is 0.258. The summed E-state index contributed by atoms with van der Waals surface area (Å²) in [6.45, 7) is 18.0. The van der Waals surface area contributed by atoms with Gasteiger partial charge in [-0.2, -0.15) is 0 Å². The van der Waals surface area contributed by atoms with Crippen molar-refractivity contribution < 1.29 is 19.0 Å². The highest BCUT2D eigenvalue weighted by Crippen LogP contribution is 2.37. The molecule has 3 atom stereocenters. The fraction of sp³-hybridized carbons (Fsp3) is 1.00. The van der Waals surface area contributed by atoms with E-state index in [1.165, 1.54) is 0 Å². The second-order valence-corrected chi connectivity index (χ2v) is 12.6. The van der Waals surface area contributed by atoms with Crippen LogP contribution in [0.15, 0.2) is 0 Å². The van der Waals surface area contributed by atoms with E-state index in [0.29, 0.717) is 6.61 Å². The van der Waals surface area contributed by atoms with Gasteiger partial charge >= 0.3 is 0 Å². The first kappa shape index (κ1) is 21.1. The Hall–Kier alpha value is 0.0569. The molecule has 0 rings (SSSR count). The molecule has 0 aromatic rings. The van der Waals surface area contributed by atoms with E-state index in [-0.39, 0.29) is 29.8 Å². The van der Waals surface area contributed by atoms with Crippen molar-refractivity contribution in [3.05, 3.63) is 0 Å². The molecule has 0 amide bonds. The minimum Gasteiger partial charge on any atom is -0.416 e. The lowest BCUT2D eigenvalue weighted by Gasteiger charge is -2.38. The topological polar surface area (TPSA) is 47.9 Å². The summed E-state index contributed by atoms with van der Waals surface area (Å²) in [5.41, 5.74) is 0. The first-order valence-corrected chi connectivity index (χ1v) is 10.8. The van der Waals surface area contributed by atoms with Crippen molar-refractivity contribution in [2.45, 2.75) is 71.9 Å². The van der Waals surface area contributed by atoms with Gasteiger partial charge in [-0.05, 0) is 24.1 Å². The van der Waals surface area contributed by atoms with Crippen LogP contribution in [-0.2, 0) is 13.9 Å². The third-order valence-electron chi connectivity index (χ3n) is 4.47. The van der Waals surface area contributed by atoms with Crippen LogP contribution in [0.1, 0.15) is 41.5 Å². The van der Waals surface area contributed by atoms with Crippen LogP contribution >= 0.6 is 0 Å². The Labute approximate surface area is 132 Å². The molecular weight excluding hydrogens is 284 g/mol. The zero-order valence-corrected chi connectivity index (χ0v) is 16.4. The van der Waals surface area contributed by atoms with Crippen LogP contribution in [0.25, 0.3) is 0 Å². The van der Waals surface area contributed by atoms with E-state index in [9.17, 15) is 5.11 Å². The van der Waals surface area contributed by atoms with Gasteiger partial charge in [0.15, 0.2) is 8.32 Å². The summed E-state index contributed by atoms with van der Waals surface area (Å²) < 4.78 is 16.9. The molecular formula is C16H36O4Si. The van der Waals surface area contributed by atoms with Gasteiger partial charge in [-0.25, -0.2) is 0 Å². The quantitative estimate of drug-likeness (QED) is 0.520. The van der Waals surface area contributed by atoms with Crippen LogP contribution in [0.4, 0.5) is 0 Å². The highest BCUT2D eigenvalue weighted by atomic mass is 28.4. The number of hydrogen-bond donors (Lipinski definition) is 1. The van der Waals surface area contributed by atoms with Gasteiger partial charge in [-0.3, -0.25) is 0 Å². The van der Waals surface area contributed by atoms with Crippen molar-refractivity contribution in [3.8, 4) is 0 Å². The molecule has 0 aromatic carbocycles. The smallest absolute Gasteiger partial charge is 0.191 e. The average Bonchev–Trinajstić information content (AvgIpc) is 2.35. The Bertz CT molecular complexity index is 286. The van der Waals surface area contributed by atoms with Crippen LogP contribution in [0.3, 0.4) is 0 Å². The Kier molecular flexibility index (Phi) is 8.65. The number of hydrogen-bond acceptors (Lipinski definition) is 4. The van der Waals surface area contributed by atoms with Crippen molar-refractivity contribution in [3.63, 3.8) is 0 Å². The maximum atomic E-state index is 10.3. The van der Waals surface area contributed by atoms with Crippen molar-refractivity contribution >= 4 is 8.32 Å². The Morgan fingerprint density at radius 1 is 1.10 bits per heavy atom. The van der Waals surface area contributed by atoms with E-state index in [1.807, 2.05) is 13.8 Å². The molecule has 0 saturated heterocycles. The minimum absolute atomic E-state index is 0.117. The van der Waals surface area contributed by atoms with Crippen LogP contribution < -0.4 is 0 Å². The number of methoxy groups -OCH3 is 1. The lowest BCUT2D eigenvalue weighted by atomic mass is 9.93. The summed E-state index contributed by atoms with van der Waals surface area (Å²) in [6, 6.07) is 0. The lowest BCUT2D eigenvalue weighted by Crippen LogP contribution is -2.45. The van der Waals surface area contributed by atoms with Gasteiger partial charge in [0.1, 0.15) is 6.79 Å². The maximum absolute atomic E-state index is 10.3. The van der Waals surface area contributed by atoms with Gasteiger partial charge in [0.2, 0.25) is 0 Å². The highest BCUT2D eigenvalue weighted by Gasteiger charge is 2.38. The van der Waals surface area contributed by atoms with E-state index in [1.54, 1.807) is 7.11 Å². The molecule has 0 aliphatic heterocycles. The lowest BCUT2D eigenvalue weighted by molar-refractivity contribution is -0.144. The van der Waals surface area contributed by atoms with Crippen LogP contribution in [0.5, 0.6) is 0 Å². The molecule has 0 aliphatic carbocycles. The zero-order valence-electron chi connectivity index (χ0n) is 15.4. The summed E-state index contributed by atoms with van der Waals surface area (Å²) in [4.78, 5) is 0. The standard InChI is InChI=1S/C16H36O4Si/c1-12(2)14(17)15(19-11-18-7)13(3)10-20-21(8,9)16(4,5)6/h12-15,17H,10-11H2,1-9H3/t13-,14+,15+/m1/s1. The first-order valence-electron chi connectivity index (χ1n) is 7.86. The predicted molar refractivity (Wildman–Crippen MR) is 89.9 cm³/mol. The Morgan fingerprint density at radius 3 is 2.00 bits per heavy atom. The molecule has 128 valence electrons. The molecule has 21 heavy (non-hydrogen) atoms. The van der Waals surface area contributed by atoms with Crippen molar-refractivity contribution in [2.24, 2.45) is 11.8 Å². The van der Waals surface area contributed by atoms with Gasteiger partial charge in [0.25, 0.3) is 0 Å². The monoisotopic (exact) mass is 320 g/mol. The zero-order chi connectivity index (χ0) is 16.8. The Balaban J connectivity index is 4.71. The van der Waals surface area contributed by atoms with Gasteiger partial charge in [0, 0.05) is 19.6 Å².